The summed E-state index contributed by atoms with van der Waals surface area (Å²) in [5.41, 5.74) is 3.34. The fourth-order valence-electron chi connectivity index (χ4n) is 3.36. The van der Waals surface area contributed by atoms with Gasteiger partial charge < -0.3 is 4.57 Å². The Labute approximate surface area is 162 Å². The van der Waals surface area contributed by atoms with Crippen molar-refractivity contribution in [3.05, 3.63) is 38.7 Å². The number of imidazole rings is 1. The molecule has 2 heterocycles. The van der Waals surface area contributed by atoms with Gasteiger partial charge in [0, 0.05) is 17.5 Å². The van der Waals surface area contributed by atoms with Gasteiger partial charge >= 0.3 is 0 Å². The minimum atomic E-state index is 0.359. The van der Waals surface area contributed by atoms with Gasteiger partial charge in [0.15, 0.2) is 5.65 Å². The summed E-state index contributed by atoms with van der Waals surface area (Å²) in [7, 11) is 0. The minimum Gasteiger partial charge on any atom is -0.322 e. The fourth-order valence-corrected chi connectivity index (χ4v) is 4.34. The second-order valence-corrected chi connectivity index (χ2v) is 7.53. The van der Waals surface area contributed by atoms with Crippen molar-refractivity contribution in [1.29, 1.82) is 0 Å². The molecule has 134 valence electrons. The van der Waals surface area contributed by atoms with Crippen LogP contribution in [0.2, 0.25) is 15.1 Å². The zero-order chi connectivity index (χ0) is 18.3. The molecule has 7 heteroatoms. The molecule has 1 unspecified atom stereocenters. The molecule has 1 aromatic carbocycles. The molecule has 0 N–H and O–H groups in total. The Morgan fingerprint density at radius 1 is 1.12 bits per heavy atom. The molecule has 0 spiro atoms. The molecule has 2 aromatic heterocycles. The van der Waals surface area contributed by atoms with E-state index in [4.69, 9.17) is 39.8 Å². The lowest BCUT2D eigenvalue weighted by Crippen LogP contribution is -2.09. The quantitative estimate of drug-likeness (QED) is 0.496. The number of fused-ring (bicyclic) bond motifs is 1. The number of nitrogens with zero attached hydrogens (tertiary/aromatic N) is 4. The molecule has 0 aliphatic rings. The maximum absolute atomic E-state index is 6.41. The van der Waals surface area contributed by atoms with Crippen molar-refractivity contribution in [1.82, 2.24) is 19.3 Å². The predicted molar refractivity (Wildman–Crippen MR) is 106 cm³/mol. The van der Waals surface area contributed by atoms with Crippen molar-refractivity contribution in [3.8, 4) is 5.69 Å². The molecule has 25 heavy (non-hydrogen) atoms. The van der Waals surface area contributed by atoms with Gasteiger partial charge in [-0.3, -0.25) is 0 Å². The van der Waals surface area contributed by atoms with Crippen LogP contribution in [-0.2, 0) is 6.42 Å². The lowest BCUT2D eigenvalue weighted by molar-refractivity contribution is 0.495. The van der Waals surface area contributed by atoms with E-state index in [0.717, 1.165) is 41.9 Å². The molecule has 3 rings (SSSR count). The number of benzene rings is 1. The SMILES string of the molecule is CCCC(C)n1c(CC)nc2c1c(C)nn2-c1c(Cl)cc(Cl)cc1Cl. The molecule has 3 aromatic rings. The summed E-state index contributed by atoms with van der Waals surface area (Å²) in [6.45, 7) is 8.53. The Kier molecular flexibility index (Phi) is 5.33. The number of hydrogen-bond donors (Lipinski definition) is 0. The van der Waals surface area contributed by atoms with Gasteiger partial charge in [-0.2, -0.15) is 5.10 Å². The Balaban J connectivity index is 2.30. The van der Waals surface area contributed by atoms with Gasteiger partial charge in [-0.15, -0.1) is 0 Å². The summed E-state index contributed by atoms with van der Waals surface area (Å²) < 4.78 is 4.04. The van der Waals surface area contributed by atoms with Crippen molar-refractivity contribution in [2.45, 2.75) is 53.0 Å². The van der Waals surface area contributed by atoms with Gasteiger partial charge in [0.05, 0.1) is 15.7 Å². The van der Waals surface area contributed by atoms with Crippen LogP contribution in [0.5, 0.6) is 0 Å². The Hall–Kier alpha value is -1.23. The van der Waals surface area contributed by atoms with Crippen molar-refractivity contribution < 1.29 is 0 Å². The summed E-state index contributed by atoms with van der Waals surface area (Å²) >= 11 is 18.9. The highest BCUT2D eigenvalue weighted by atomic mass is 35.5. The highest BCUT2D eigenvalue weighted by Crippen LogP contribution is 2.35. The number of rotatable bonds is 5. The van der Waals surface area contributed by atoms with Gasteiger partial charge in [0.1, 0.15) is 17.0 Å². The molecular weight excluding hydrogens is 379 g/mol. The van der Waals surface area contributed by atoms with E-state index in [2.05, 4.69) is 30.4 Å². The van der Waals surface area contributed by atoms with Gasteiger partial charge in [-0.25, -0.2) is 9.67 Å². The molecule has 0 bridgehead atoms. The zero-order valence-electron chi connectivity index (χ0n) is 14.8. The van der Waals surface area contributed by atoms with Crippen LogP contribution in [0.1, 0.15) is 51.2 Å². The first-order chi connectivity index (χ1) is 11.9. The van der Waals surface area contributed by atoms with E-state index in [9.17, 15) is 0 Å². The second-order valence-electron chi connectivity index (χ2n) is 6.28. The van der Waals surface area contributed by atoms with Gasteiger partial charge in [0.2, 0.25) is 0 Å². The summed E-state index contributed by atoms with van der Waals surface area (Å²) in [6.07, 6.45) is 3.06. The van der Waals surface area contributed by atoms with Crippen LogP contribution < -0.4 is 0 Å². The molecular formula is C18H21Cl3N4. The van der Waals surface area contributed by atoms with Crippen LogP contribution in [0.4, 0.5) is 0 Å². The predicted octanol–water partition coefficient (Wildman–Crippen LogP) is 6.41. The average Bonchev–Trinajstić information content (AvgIpc) is 3.05. The molecule has 0 saturated heterocycles. The fraction of sp³-hybridized carbons (Fsp3) is 0.444. The highest BCUT2D eigenvalue weighted by molar-refractivity contribution is 6.40. The zero-order valence-corrected chi connectivity index (χ0v) is 17.0. The Bertz CT molecular complexity index is 903. The van der Waals surface area contributed by atoms with E-state index in [0.29, 0.717) is 26.8 Å². The van der Waals surface area contributed by atoms with Crippen molar-refractivity contribution in [2.75, 3.05) is 0 Å². The third-order valence-electron chi connectivity index (χ3n) is 4.42. The van der Waals surface area contributed by atoms with Gasteiger partial charge in [-0.1, -0.05) is 55.1 Å². The van der Waals surface area contributed by atoms with Crippen LogP contribution >= 0.6 is 34.8 Å². The van der Waals surface area contributed by atoms with E-state index in [1.807, 2.05) is 6.92 Å². The maximum Gasteiger partial charge on any atom is 0.181 e. The van der Waals surface area contributed by atoms with Crippen molar-refractivity contribution in [3.63, 3.8) is 0 Å². The van der Waals surface area contributed by atoms with Crippen LogP contribution in [-0.4, -0.2) is 19.3 Å². The monoisotopic (exact) mass is 398 g/mol. The van der Waals surface area contributed by atoms with Crippen LogP contribution in [0, 0.1) is 6.92 Å². The molecule has 1 atom stereocenters. The number of hydrogen-bond acceptors (Lipinski definition) is 2. The van der Waals surface area contributed by atoms with E-state index >= 15 is 0 Å². The number of halogens is 3. The Morgan fingerprint density at radius 3 is 2.32 bits per heavy atom. The summed E-state index contributed by atoms with van der Waals surface area (Å²) in [6, 6.07) is 3.70. The first kappa shape index (κ1) is 18.6. The lowest BCUT2D eigenvalue weighted by atomic mass is 10.2. The van der Waals surface area contributed by atoms with Gasteiger partial charge in [-0.05, 0) is 32.4 Å². The highest BCUT2D eigenvalue weighted by Gasteiger charge is 2.23. The largest absolute Gasteiger partial charge is 0.322 e. The molecule has 0 saturated carbocycles. The second kappa shape index (κ2) is 7.18. The molecule has 0 fully saturated rings. The van der Waals surface area contributed by atoms with Crippen molar-refractivity contribution >= 4 is 46.0 Å². The molecule has 4 nitrogen and oxygen atoms in total. The van der Waals surface area contributed by atoms with Crippen molar-refractivity contribution in [2.24, 2.45) is 0 Å². The summed E-state index contributed by atoms with van der Waals surface area (Å²) in [5.74, 6) is 1.05. The molecule has 0 amide bonds. The van der Waals surface area contributed by atoms with Gasteiger partial charge in [0.25, 0.3) is 0 Å². The lowest BCUT2D eigenvalue weighted by Gasteiger charge is -2.16. The first-order valence-electron chi connectivity index (χ1n) is 8.50. The van der Waals surface area contributed by atoms with Crippen LogP contribution in [0.3, 0.4) is 0 Å². The average molecular weight is 400 g/mol. The normalized spacial score (nSPS) is 12.9. The van der Waals surface area contributed by atoms with E-state index in [1.54, 1.807) is 16.8 Å². The molecule has 0 aliphatic heterocycles. The first-order valence-corrected chi connectivity index (χ1v) is 9.63. The maximum atomic E-state index is 6.41. The van der Waals surface area contributed by atoms with Crippen LogP contribution in [0.25, 0.3) is 16.9 Å². The number of aromatic nitrogens is 4. The summed E-state index contributed by atoms with van der Waals surface area (Å²) in [4.78, 5) is 4.85. The van der Waals surface area contributed by atoms with E-state index in [-0.39, 0.29) is 0 Å². The molecule has 0 radical (unpaired) electrons. The van der Waals surface area contributed by atoms with Crippen LogP contribution in [0.15, 0.2) is 12.1 Å². The van der Waals surface area contributed by atoms with E-state index < -0.39 is 0 Å². The number of aryl methyl sites for hydroxylation is 2. The Morgan fingerprint density at radius 2 is 1.76 bits per heavy atom. The summed E-state index contributed by atoms with van der Waals surface area (Å²) in [5, 5.41) is 6.08. The topological polar surface area (TPSA) is 35.6 Å². The standard InChI is InChI=1S/C18H21Cl3N4/c1-5-7-10(3)24-15(6-2)22-18-16(24)11(4)23-25(18)17-13(20)8-12(19)9-14(17)21/h8-10H,5-7H2,1-4H3. The van der Waals surface area contributed by atoms with E-state index in [1.165, 1.54) is 0 Å². The third kappa shape index (κ3) is 3.16. The smallest absolute Gasteiger partial charge is 0.181 e. The third-order valence-corrected chi connectivity index (χ3v) is 5.21. The molecule has 0 aliphatic carbocycles. The minimum absolute atomic E-state index is 0.359.